The highest BCUT2D eigenvalue weighted by Crippen LogP contribution is 2.28. The summed E-state index contributed by atoms with van der Waals surface area (Å²) < 4.78 is 42.6. The maximum Gasteiger partial charge on any atom is 0.338 e. The Balaban J connectivity index is 1.74. The van der Waals surface area contributed by atoms with Gasteiger partial charge in [0.25, 0.3) is 5.69 Å². The van der Waals surface area contributed by atoms with Crippen LogP contribution in [-0.2, 0) is 19.5 Å². The van der Waals surface area contributed by atoms with Gasteiger partial charge in [0.05, 0.1) is 30.8 Å². The predicted molar refractivity (Wildman–Crippen MR) is 110 cm³/mol. The molecule has 0 amide bonds. The number of Topliss-reactive ketones (excluding diaryl/α,β-unsaturated/α-hetero) is 1. The Morgan fingerprint density at radius 3 is 2.31 bits per heavy atom. The van der Waals surface area contributed by atoms with Crippen LogP contribution in [0.15, 0.2) is 47.4 Å². The van der Waals surface area contributed by atoms with Crippen LogP contribution in [0.3, 0.4) is 0 Å². The largest absolute Gasteiger partial charge is 0.495 e. The zero-order chi connectivity index (χ0) is 23.3. The van der Waals surface area contributed by atoms with Crippen molar-refractivity contribution in [3.8, 4) is 5.75 Å². The maximum atomic E-state index is 13.0. The van der Waals surface area contributed by atoms with Crippen LogP contribution in [-0.4, -0.2) is 69.4 Å². The second kappa shape index (κ2) is 9.85. The molecule has 170 valence electrons. The second-order valence-electron chi connectivity index (χ2n) is 6.69. The van der Waals surface area contributed by atoms with Gasteiger partial charge in [-0.15, -0.1) is 0 Å². The second-order valence-corrected chi connectivity index (χ2v) is 8.59. The van der Waals surface area contributed by atoms with Gasteiger partial charge < -0.3 is 14.2 Å². The number of benzene rings is 2. The monoisotopic (exact) mass is 464 g/mol. The number of methoxy groups -OCH3 is 1. The Morgan fingerprint density at radius 1 is 1.09 bits per heavy atom. The first-order chi connectivity index (χ1) is 15.2. The van der Waals surface area contributed by atoms with Crippen LogP contribution in [0.4, 0.5) is 5.69 Å². The number of carbonyl (C=O) groups excluding carboxylic acids is 2. The van der Waals surface area contributed by atoms with Gasteiger partial charge in [0, 0.05) is 30.8 Å². The minimum atomic E-state index is -3.95. The molecule has 3 rings (SSSR count). The summed E-state index contributed by atoms with van der Waals surface area (Å²) in [4.78, 5) is 34.6. The quantitative estimate of drug-likeness (QED) is 0.247. The number of carbonyl (C=O) groups is 2. The minimum Gasteiger partial charge on any atom is -0.495 e. The summed E-state index contributed by atoms with van der Waals surface area (Å²) in [6.07, 6.45) is 0. The van der Waals surface area contributed by atoms with Crippen LogP contribution >= 0.6 is 0 Å². The molecule has 0 atom stereocenters. The minimum absolute atomic E-state index is 0.0648. The highest BCUT2D eigenvalue weighted by atomic mass is 32.2. The first-order valence-electron chi connectivity index (χ1n) is 9.44. The lowest BCUT2D eigenvalue weighted by molar-refractivity contribution is -0.384. The molecule has 0 radical (unpaired) electrons. The summed E-state index contributed by atoms with van der Waals surface area (Å²) in [5.41, 5.74) is -0.117. The van der Waals surface area contributed by atoms with Crippen molar-refractivity contribution in [3.63, 3.8) is 0 Å². The zero-order valence-corrected chi connectivity index (χ0v) is 17.9. The first kappa shape index (κ1) is 23.3. The van der Waals surface area contributed by atoms with Crippen molar-refractivity contribution in [2.75, 3.05) is 40.0 Å². The summed E-state index contributed by atoms with van der Waals surface area (Å²) >= 11 is 0. The molecule has 2 aromatic rings. The smallest absolute Gasteiger partial charge is 0.338 e. The molecule has 1 heterocycles. The molecule has 1 aliphatic rings. The van der Waals surface area contributed by atoms with Crippen LogP contribution < -0.4 is 4.74 Å². The first-order valence-corrected chi connectivity index (χ1v) is 10.9. The van der Waals surface area contributed by atoms with Gasteiger partial charge in [-0.1, -0.05) is 0 Å². The van der Waals surface area contributed by atoms with Gasteiger partial charge in [0.1, 0.15) is 10.6 Å². The van der Waals surface area contributed by atoms with E-state index in [1.807, 2.05) is 0 Å². The van der Waals surface area contributed by atoms with Gasteiger partial charge in [0.15, 0.2) is 12.4 Å². The Kier molecular flexibility index (Phi) is 7.18. The molecule has 11 nitrogen and oxygen atoms in total. The van der Waals surface area contributed by atoms with Crippen molar-refractivity contribution in [3.05, 3.63) is 63.7 Å². The van der Waals surface area contributed by atoms with Gasteiger partial charge in [-0.25, -0.2) is 13.2 Å². The lowest BCUT2D eigenvalue weighted by atomic mass is 10.1. The normalized spacial score (nSPS) is 14.5. The molecule has 0 N–H and O–H groups in total. The van der Waals surface area contributed by atoms with Crippen molar-refractivity contribution in [1.29, 1.82) is 0 Å². The zero-order valence-electron chi connectivity index (χ0n) is 17.1. The fourth-order valence-electron chi connectivity index (χ4n) is 3.00. The number of esters is 1. The summed E-state index contributed by atoms with van der Waals surface area (Å²) in [6, 6.07) is 8.66. The summed E-state index contributed by atoms with van der Waals surface area (Å²) in [7, 11) is -2.63. The van der Waals surface area contributed by atoms with Crippen molar-refractivity contribution in [1.82, 2.24) is 4.31 Å². The summed E-state index contributed by atoms with van der Waals surface area (Å²) in [6.45, 7) is 0.240. The van der Waals surface area contributed by atoms with E-state index in [0.29, 0.717) is 0 Å². The van der Waals surface area contributed by atoms with Gasteiger partial charge in [-0.2, -0.15) is 4.31 Å². The van der Waals surface area contributed by atoms with E-state index in [9.17, 15) is 28.1 Å². The summed E-state index contributed by atoms with van der Waals surface area (Å²) in [5, 5.41) is 10.7. The third-order valence-corrected chi connectivity index (χ3v) is 6.64. The molecular formula is C20H20N2O9S. The van der Waals surface area contributed by atoms with Crippen molar-refractivity contribution < 1.29 is 37.1 Å². The molecule has 1 fully saturated rings. The Bertz CT molecular complexity index is 1120. The van der Waals surface area contributed by atoms with Gasteiger partial charge in [-0.3, -0.25) is 14.9 Å². The van der Waals surface area contributed by atoms with Gasteiger partial charge >= 0.3 is 5.97 Å². The maximum absolute atomic E-state index is 13.0. The molecule has 1 saturated heterocycles. The molecule has 0 aliphatic carbocycles. The van der Waals surface area contributed by atoms with Crippen LogP contribution in [0.1, 0.15) is 20.7 Å². The fourth-order valence-corrected chi connectivity index (χ4v) is 4.59. The van der Waals surface area contributed by atoms with E-state index in [1.54, 1.807) is 0 Å². The molecule has 12 heteroatoms. The molecule has 2 aromatic carbocycles. The van der Waals surface area contributed by atoms with E-state index in [2.05, 4.69) is 0 Å². The third-order valence-electron chi connectivity index (χ3n) is 4.72. The van der Waals surface area contributed by atoms with Crippen molar-refractivity contribution in [2.45, 2.75) is 4.90 Å². The van der Waals surface area contributed by atoms with E-state index in [1.165, 1.54) is 47.8 Å². The number of sulfonamides is 1. The molecule has 0 unspecified atom stereocenters. The van der Waals surface area contributed by atoms with E-state index in [-0.39, 0.29) is 53.8 Å². The van der Waals surface area contributed by atoms with Crippen LogP contribution in [0.2, 0.25) is 0 Å². The van der Waals surface area contributed by atoms with Crippen molar-refractivity contribution in [2.24, 2.45) is 0 Å². The molecule has 32 heavy (non-hydrogen) atoms. The standard InChI is InChI=1S/C20H20N2O9S/c1-29-18-7-4-15(12-19(18)32(27,28)21-8-10-30-11-9-21)20(24)31-13-17(23)14-2-5-16(6-3-14)22(25)26/h2-7,12H,8-11,13H2,1H3. The van der Waals surface area contributed by atoms with Crippen LogP contribution in [0.5, 0.6) is 5.75 Å². The highest BCUT2D eigenvalue weighted by molar-refractivity contribution is 7.89. The van der Waals surface area contributed by atoms with Crippen LogP contribution in [0.25, 0.3) is 0 Å². The predicted octanol–water partition coefficient (Wildman–Crippen LogP) is 1.66. The molecule has 0 spiro atoms. The van der Waals surface area contributed by atoms with Gasteiger partial charge in [-0.05, 0) is 30.3 Å². The Morgan fingerprint density at radius 2 is 1.72 bits per heavy atom. The number of morpholine rings is 1. The molecule has 0 bridgehead atoms. The number of nitrogens with zero attached hydrogens (tertiary/aromatic N) is 2. The number of ether oxygens (including phenoxy) is 3. The molecular weight excluding hydrogens is 444 g/mol. The van der Waals surface area contributed by atoms with E-state index in [4.69, 9.17) is 14.2 Å². The fraction of sp³-hybridized carbons (Fsp3) is 0.300. The molecule has 0 aromatic heterocycles. The Labute approximate surface area is 183 Å². The number of rotatable bonds is 8. The number of hydrogen-bond donors (Lipinski definition) is 0. The molecule has 1 aliphatic heterocycles. The van der Waals surface area contributed by atoms with E-state index >= 15 is 0 Å². The topological polar surface area (TPSA) is 142 Å². The average Bonchev–Trinajstić information content (AvgIpc) is 2.82. The lowest BCUT2D eigenvalue weighted by Crippen LogP contribution is -2.40. The third kappa shape index (κ3) is 5.10. The van der Waals surface area contributed by atoms with E-state index in [0.717, 1.165) is 6.07 Å². The number of nitro benzene ring substituents is 1. The summed E-state index contributed by atoms with van der Waals surface area (Å²) in [5.74, 6) is -1.40. The SMILES string of the molecule is COc1ccc(C(=O)OCC(=O)c2ccc([N+](=O)[O-])cc2)cc1S(=O)(=O)N1CCOCC1. The highest BCUT2D eigenvalue weighted by Gasteiger charge is 2.30. The number of non-ortho nitro benzene ring substituents is 1. The average molecular weight is 464 g/mol. The van der Waals surface area contributed by atoms with Crippen molar-refractivity contribution >= 4 is 27.5 Å². The lowest BCUT2D eigenvalue weighted by Gasteiger charge is -2.26. The Hall–Kier alpha value is -3.35. The number of nitro groups is 1. The van der Waals surface area contributed by atoms with E-state index < -0.39 is 33.3 Å². The number of ketones is 1. The number of hydrogen-bond acceptors (Lipinski definition) is 9. The van der Waals surface area contributed by atoms with Gasteiger partial charge in [0.2, 0.25) is 10.0 Å². The van der Waals surface area contributed by atoms with Crippen LogP contribution in [0, 0.1) is 10.1 Å². The molecule has 0 saturated carbocycles.